The third-order valence-electron chi connectivity index (χ3n) is 4.07. The molecule has 0 bridgehead atoms. The first-order valence-corrected chi connectivity index (χ1v) is 9.06. The van der Waals surface area contributed by atoms with Crippen LogP contribution in [0.4, 0.5) is 5.13 Å². The lowest BCUT2D eigenvalue weighted by Crippen LogP contribution is -2.30. The Bertz CT molecular complexity index is 1060. The van der Waals surface area contributed by atoms with Crippen LogP contribution in [0.15, 0.2) is 59.3 Å². The number of carbonyl (C=O) groups is 1. The molecule has 0 saturated carbocycles. The van der Waals surface area contributed by atoms with Crippen molar-refractivity contribution in [2.45, 2.75) is 20.4 Å². The number of aryl methyl sites for hydroxylation is 2. The van der Waals surface area contributed by atoms with Crippen molar-refractivity contribution in [3.05, 3.63) is 77.5 Å². The number of rotatable bonds is 4. The molecule has 3 aromatic heterocycles. The summed E-state index contributed by atoms with van der Waals surface area (Å²) in [6.07, 6.45) is 3.22. The molecule has 6 heteroatoms. The number of pyridine rings is 1. The largest absolute Gasteiger partial charge is 0.459 e. The van der Waals surface area contributed by atoms with Gasteiger partial charge in [0.05, 0.1) is 28.7 Å². The number of fused-ring (bicyclic) bond motifs is 1. The first kappa shape index (κ1) is 16.5. The van der Waals surface area contributed by atoms with Crippen LogP contribution in [0.25, 0.3) is 10.2 Å². The summed E-state index contributed by atoms with van der Waals surface area (Å²) in [5, 5.41) is 0.640. The number of anilines is 1. The quantitative estimate of drug-likeness (QED) is 0.525. The zero-order valence-corrected chi connectivity index (χ0v) is 15.3. The van der Waals surface area contributed by atoms with Crippen LogP contribution in [-0.4, -0.2) is 15.9 Å². The van der Waals surface area contributed by atoms with Gasteiger partial charge in [-0.25, -0.2) is 4.98 Å². The molecule has 1 amide bonds. The third-order valence-corrected chi connectivity index (χ3v) is 5.10. The number of furan rings is 1. The van der Waals surface area contributed by atoms with Crippen LogP contribution in [0.2, 0.25) is 0 Å². The second-order valence-corrected chi connectivity index (χ2v) is 7.12. The Morgan fingerprint density at radius 2 is 2.08 bits per heavy atom. The molecule has 0 aliphatic heterocycles. The van der Waals surface area contributed by atoms with Crippen molar-refractivity contribution in [2.24, 2.45) is 0 Å². The molecule has 3 heterocycles. The van der Waals surface area contributed by atoms with Crippen molar-refractivity contribution in [2.75, 3.05) is 4.90 Å². The second kappa shape index (κ2) is 6.72. The fourth-order valence-corrected chi connectivity index (χ4v) is 4.03. The van der Waals surface area contributed by atoms with Crippen molar-refractivity contribution in [1.29, 1.82) is 0 Å². The standard InChI is InChI=1S/C20H17N3O2S/c1-13-10-14(2)18-17(11-13)26-20(22-18)23(12-15-6-3-4-8-21-15)19(24)16-7-5-9-25-16/h3-11H,12H2,1-2H3. The number of nitrogens with zero attached hydrogens (tertiary/aromatic N) is 3. The van der Waals surface area contributed by atoms with E-state index in [1.165, 1.54) is 23.2 Å². The Morgan fingerprint density at radius 3 is 2.81 bits per heavy atom. The number of aromatic nitrogens is 2. The number of amides is 1. The molecule has 1 aromatic carbocycles. The summed E-state index contributed by atoms with van der Waals surface area (Å²) >= 11 is 1.50. The molecule has 4 aromatic rings. The van der Waals surface area contributed by atoms with E-state index < -0.39 is 0 Å². The summed E-state index contributed by atoms with van der Waals surface area (Å²) in [7, 11) is 0. The van der Waals surface area contributed by atoms with Crippen LogP contribution in [0, 0.1) is 13.8 Å². The highest BCUT2D eigenvalue weighted by atomic mass is 32.1. The van der Waals surface area contributed by atoms with E-state index in [1.54, 1.807) is 23.2 Å². The monoisotopic (exact) mass is 363 g/mol. The van der Waals surface area contributed by atoms with Gasteiger partial charge >= 0.3 is 0 Å². The van der Waals surface area contributed by atoms with E-state index in [0.29, 0.717) is 11.7 Å². The van der Waals surface area contributed by atoms with Crippen molar-refractivity contribution in [3.8, 4) is 0 Å². The lowest BCUT2D eigenvalue weighted by atomic mass is 10.1. The smallest absolute Gasteiger partial charge is 0.296 e. The molecular weight excluding hydrogens is 346 g/mol. The molecule has 0 aliphatic carbocycles. The number of carbonyl (C=O) groups excluding carboxylic acids is 1. The molecule has 0 radical (unpaired) electrons. The van der Waals surface area contributed by atoms with Crippen LogP contribution in [-0.2, 0) is 6.54 Å². The second-order valence-electron chi connectivity index (χ2n) is 6.11. The number of hydrogen-bond acceptors (Lipinski definition) is 5. The minimum atomic E-state index is -0.228. The Labute approximate surface area is 154 Å². The van der Waals surface area contributed by atoms with E-state index in [2.05, 4.69) is 24.0 Å². The van der Waals surface area contributed by atoms with Crippen LogP contribution < -0.4 is 4.90 Å². The summed E-state index contributed by atoms with van der Waals surface area (Å²) in [6, 6.07) is 13.2. The van der Waals surface area contributed by atoms with Crippen molar-refractivity contribution in [1.82, 2.24) is 9.97 Å². The van der Waals surface area contributed by atoms with E-state index in [4.69, 9.17) is 9.40 Å². The van der Waals surface area contributed by atoms with Crippen molar-refractivity contribution in [3.63, 3.8) is 0 Å². The topological polar surface area (TPSA) is 59.2 Å². The maximum atomic E-state index is 13.0. The molecule has 0 atom stereocenters. The number of thiazole rings is 1. The van der Waals surface area contributed by atoms with Gasteiger partial charge in [-0.3, -0.25) is 14.7 Å². The average molecular weight is 363 g/mol. The fraction of sp³-hybridized carbons (Fsp3) is 0.150. The van der Waals surface area contributed by atoms with Gasteiger partial charge < -0.3 is 4.42 Å². The minimum absolute atomic E-state index is 0.228. The summed E-state index contributed by atoms with van der Waals surface area (Å²) < 4.78 is 6.38. The Morgan fingerprint density at radius 1 is 1.19 bits per heavy atom. The Kier molecular flexibility index (Phi) is 4.26. The molecule has 26 heavy (non-hydrogen) atoms. The van der Waals surface area contributed by atoms with E-state index >= 15 is 0 Å². The van der Waals surface area contributed by atoms with Gasteiger partial charge in [0.1, 0.15) is 0 Å². The maximum Gasteiger partial charge on any atom is 0.296 e. The van der Waals surface area contributed by atoms with Gasteiger partial charge in [0.25, 0.3) is 5.91 Å². The summed E-state index contributed by atoms with van der Waals surface area (Å²) in [4.78, 5) is 23.7. The highest BCUT2D eigenvalue weighted by Gasteiger charge is 2.24. The zero-order valence-electron chi connectivity index (χ0n) is 14.5. The van der Waals surface area contributed by atoms with E-state index in [-0.39, 0.29) is 11.7 Å². The van der Waals surface area contributed by atoms with Gasteiger partial charge in [0.2, 0.25) is 0 Å². The minimum Gasteiger partial charge on any atom is -0.459 e. The molecule has 0 spiro atoms. The Balaban J connectivity index is 1.79. The highest BCUT2D eigenvalue weighted by Crippen LogP contribution is 2.33. The summed E-state index contributed by atoms with van der Waals surface area (Å²) in [5.41, 5.74) is 4.00. The maximum absolute atomic E-state index is 13.0. The van der Waals surface area contributed by atoms with Crippen LogP contribution in [0.5, 0.6) is 0 Å². The molecule has 0 unspecified atom stereocenters. The molecule has 0 saturated heterocycles. The van der Waals surface area contributed by atoms with Gasteiger partial charge in [0, 0.05) is 6.20 Å². The molecule has 5 nitrogen and oxygen atoms in total. The molecule has 0 aliphatic rings. The first-order valence-electron chi connectivity index (χ1n) is 8.25. The normalized spacial score (nSPS) is 11.0. The highest BCUT2D eigenvalue weighted by molar-refractivity contribution is 7.22. The lowest BCUT2D eigenvalue weighted by molar-refractivity contribution is 0.0958. The van der Waals surface area contributed by atoms with Crippen molar-refractivity contribution < 1.29 is 9.21 Å². The van der Waals surface area contributed by atoms with Crippen LogP contribution in [0.1, 0.15) is 27.4 Å². The summed E-state index contributed by atoms with van der Waals surface area (Å²) in [5.74, 6) is 0.0576. The predicted octanol–water partition coefficient (Wildman–Crippen LogP) is 4.75. The van der Waals surface area contributed by atoms with Crippen molar-refractivity contribution >= 4 is 32.6 Å². The number of benzene rings is 1. The van der Waals surface area contributed by atoms with Gasteiger partial charge in [0.15, 0.2) is 10.9 Å². The molecule has 0 N–H and O–H groups in total. The molecule has 4 rings (SSSR count). The fourth-order valence-electron chi connectivity index (χ4n) is 2.89. The molecule has 130 valence electrons. The van der Waals surface area contributed by atoms with Crippen LogP contribution in [0.3, 0.4) is 0 Å². The van der Waals surface area contributed by atoms with Gasteiger partial charge in [-0.1, -0.05) is 23.5 Å². The first-order chi connectivity index (χ1) is 12.6. The molecule has 0 fully saturated rings. The van der Waals surface area contributed by atoms with Crippen LogP contribution >= 0.6 is 11.3 Å². The SMILES string of the molecule is Cc1cc(C)c2nc(N(Cc3ccccn3)C(=O)c3ccco3)sc2c1. The molecular formula is C20H17N3O2S. The van der Waals surface area contributed by atoms with E-state index in [9.17, 15) is 4.79 Å². The average Bonchev–Trinajstić information content (AvgIpc) is 3.29. The van der Waals surface area contributed by atoms with E-state index in [1.807, 2.05) is 25.1 Å². The predicted molar refractivity (Wildman–Crippen MR) is 103 cm³/mol. The third kappa shape index (κ3) is 3.11. The Hall–Kier alpha value is -2.99. The summed E-state index contributed by atoms with van der Waals surface area (Å²) in [6.45, 7) is 4.43. The van der Waals surface area contributed by atoms with Gasteiger partial charge in [-0.05, 0) is 55.3 Å². The van der Waals surface area contributed by atoms with E-state index in [0.717, 1.165) is 21.5 Å². The van der Waals surface area contributed by atoms with Gasteiger partial charge in [-0.15, -0.1) is 0 Å². The zero-order chi connectivity index (χ0) is 18.1. The van der Waals surface area contributed by atoms with Gasteiger partial charge in [-0.2, -0.15) is 0 Å². The number of hydrogen-bond donors (Lipinski definition) is 0. The lowest BCUT2D eigenvalue weighted by Gasteiger charge is -2.18.